The number of nitrogens with zero attached hydrogens (tertiary/aromatic N) is 2. The maximum atomic E-state index is 4.47. The Balaban J connectivity index is 1.44. The first-order valence-corrected chi connectivity index (χ1v) is 8.22. The number of nitrogens with one attached hydrogen (secondary N) is 1. The van der Waals surface area contributed by atoms with Gasteiger partial charge in [-0.25, -0.2) is 0 Å². The van der Waals surface area contributed by atoms with Crippen molar-refractivity contribution in [3.8, 4) is 0 Å². The zero-order chi connectivity index (χ0) is 14.1. The topological polar surface area (TPSA) is 28.2 Å². The zero-order valence-corrected chi connectivity index (χ0v) is 12.5. The van der Waals surface area contributed by atoms with Gasteiger partial charge in [-0.05, 0) is 50.3 Å². The summed E-state index contributed by atoms with van der Waals surface area (Å²) in [6.45, 7) is 3.54. The van der Waals surface area contributed by atoms with Crippen LogP contribution < -0.4 is 10.2 Å². The smallest absolute Gasteiger partial charge is 0.0722 e. The number of piperidine rings is 1. The number of fused-ring (bicyclic) bond motifs is 1. The van der Waals surface area contributed by atoms with E-state index in [2.05, 4.69) is 45.5 Å². The summed E-state index contributed by atoms with van der Waals surface area (Å²) in [6, 6.07) is 11.3. The zero-order valence-electron chi connectivity index (χ0n) is 12.5. The van der Waals surface area contributed by atoms with Crippen LogP contribution in [0.2, 0.25) is 0 Å². The number of para-hydroxylation sites is 1. The summed E-state index contributed by atoms with van der Waals surface area (Å²) in [5.41, 5.74) is 2.45. The number of hydrogen-bond acceptors (Lipinski definition) is 3. The van der Waals surface area contributed by atoms with Crippen molar-refractivity contribution in [2.24, 2.45) is 5.92 Å². The molecule has 0 spiro atoms. The lowest BCUT2D eigenvalue weighted by Crippen LogP contribution is -2.43. The Morgan fingerprint density at radius 3 is 2.67 bits per heavy atom. The molecule has 0 atom stereocenters. The average Bonchev–Trinajstić information content (AvgIpc) is 3.37. The highest BCUT2D eigenvalue weighted by Crippen LogP contribution is 2.29. The van der Waals surface area contributed by atoms with Crippen molar-refractivity contribution in [3.63, 3.8) is 0 Å². The van der Waals surface area contributed by atoms with Gasteiger partial charge in [0.2, 0.25) is 0 Å². The van der Waals surface area contributed by atoms with Crippen LogP contribution in [0.4, 0.5) is 5.69 Å². The minimum absolute atomic E-state index is 0.718. The number of anilines is 1. The van der Waals surface area contributed by atoms with Crippen LogP contribution in [0.5, 0.6) is 0 Å². The van der Waals surface area contributed by atoms with E-state index in [4.69, 9.17) is 0 Å². The molecule has 21 heavy (non-hydrogen) atoms. The molecule has 1 saturated carbocycles. The molecule has 1 aliphatic carbocycles. The minimum Gasteiger partial charge on any atom is -0.371 e. The van der Waals surface area contributed by atoms with Crippen molar-refractivity contribution in [1.29, 1.82) is 0 Å². The van der Waals surface area contributed by atoms with Crippen molar-refractivity contribution >= 4 is 16.6 Å². The van der Waals surface area contributed by atoms with Gasteiger partial charge in [-0.1, -0.05) is 18.2 Å². The van der Waals surface area contributed by atoms with E-state index in [1.54, 1.807) is 0 Å². The van der Waals surface area contributed by atoms with Crippen LogP contribution in [-0.4, -0.2) is 30.7 Å². The van der Waals surface area contributed by atoms with Gasteiger partial charge in [0.1, 0.15) is 0 Å². The van der Waals surface area contributed by atoms with Gasteiger partial charge >= 0.3 is 0 Å². The van der Waals surface area contributed by atoms with E-state index in [0.717, 1.165) is 30.6 Å². The summed E-state index contributed by atoms with van der Waals surface area (Å²) in [5, 5.41) is 5.04. The molecule has 110 valence electrons. The maximum absolute atomic E-state index is 4.47. The van der Waals surface area contributed by atoms with Crippen molar-refractivity contribution in [1.82, 2.24) is 10.3 Å². The van der Waals surface area contributed by atoms with Crippen molar-refractivity contribution in [3.05, 3.63) is 36.5 Å². The predicted octanol–water partition coefficient (Wildman–Crippen LogP) is 3.20. The maximum Gasteiger partial charge on any atom is 0.0722 e. The number of rotatable bonds is 4. The fourth-order valence-corrected chi connectivity index (χ4v) is 3.34. The fraction of sp³-hybridized carbons (Fsp3) is 0.500. The van der Waals surface area contributed by atoms with E-state index >= 15 is 0 Å². The van der Waals surface area contributed by atoms with Crippen molar-refractivity contribution < 1.29 is 0 Å². The number of benzene rings is 1. The lowest BCUT2D eigenvalue weighted by molar-refractivity contribution is 0.409. The summed E-state index contributed by atoms with van der Waals surface area (Å²) in [6.07, 6.45) is 7.32. The molecule has 3 nitrogen and oxygen atoms in total. The Kier molecular flexibility index (Phi) is 3.52. The first-order chi connectivity index (χ1) is 10.4. The molecule has 4 rings (SSSR count). The quantitative estimate of drug-likeness (QED) is 0.933. The van der Waals surface area contributed by atoms with Gasteiger partial charge in [-0.3, -0.25) is 4.98 Å². The summed E-state index contributed by atoms with van der Waals surface area (Å²) < 4.78 is 0. The third-order valence-corrected chi connectivity index (χ3v) is 4.85. The standard InChI is InChI=1S/C18H23N3/c1-2-4-17-16(3-1)18(7-10-19-17)21-11-8-15(9-12-21)20-13-14-5-6-14/h1-4,7,10,14-15,20H,5-6,8-9,11-13H2. The van der Waals surface area contributed by atoms with Crippen LogP contribution in [-0.2, 0) is 0 Å². The molecule has 1 aliphatic heterocycles. The molecule has 1 aromatic carbocycles. The van der Waals surface area contributed by atoms with Gasteiger partial charge in [0.05, 0.1) is 5.52 Å². The second-order valence-corrected chi connectivity index (χ2v) is 6.46. The van der Waals surface area contributed by atoms with Crippen molar-refractivity contribution in [2.75, 3.05) is 24.5 Å². The summed E-state index contributed by atoms with van der Waals surface area (Å²) >= 11 is 0. The SMILES string of the molecule is c1ccc2c(N3CCC(NCC4CC4)CC3)ccnc2c1. The van der Waals surface area contributed by atoms with Gasteiger partial charge in [0, 0.05) is 36.4 Å². The molecular weight excluding hydrogens is 258 g/mol. The fourth-order valence-electron chi connectivity index (χ4n) is 3.34. The third kappa shape index (κ3) is 2.88. The molecular formula is C18H23N3. The van der Waals surface area contributed by atoms with E-state index in [9.17, 15) is 0 Å². The average molecular weight is 281 g/mol. The van der Waals surface area contributed by atoms with Crippen LogP contribution >= 0.6 is 0 Å². The van der Waals surface area contributed by atoms with Gasteiger partial charge in [0.15, 0.2) is 0 Å². The van der Waals surface area contributed by atoms with Crippen LogP contribution in [0.1, 0.15) is 25.7 Å². The summed E-state index contributed by atoms with van der Waals surface area (Å²) in [7, 11) is 0. The Labute approximate surface area is 126 Å². The molecule has 2 aliphatic rings. The van der Waals surface area contributed by atoms with Gasteiger partial charge < -0.3 is 10.2 Å². The third-order valence-electron chi connectivity index (χ3n) is 4.85. The Bertz CT molecular complexity index is 607. The van der Waals surface area contributed by atoms with Crippen LogP contribution in [0.15, 0.2) is 36.5 Å². The molecule has 0 unspecified atom stereocenters. The molecule has 0 radical (unpaired) electrons. The lowest BCUT2D eigenvalue weighted by atomic mass is 10.0. The van der Waals surface area contributed by atoms with E-state index < -0.39 is 0 Å². The molecule has 2 heterocycles. The number of aromatic nitrogens is 1. The Morgan fingerprint density at radius 2 is 1.86 bits per heavy atom. The van der Waals surface area contributed by atoms with Crippen LogP contribution in [0.25, 0.3) is 10.9 Å². The molecule has 1 saturated heterocycles. The molecule has 2 aromatic rings. The molecule has 1 N–H and O–H groups in total. The lowest BCUT2D eigenvalue weighted by Gasteiger charge is -2.34. The highest BCUT2D eigenvalue weighted by molar-refractivity contribution is 5.91. The van der Waals surface area contributed by atoms with E-state index in [0.29, 0.717) is 0 Å². The molecule has 3 heteroatoms. The van der Waals surface area contributed by atoms with Gasteiger partial charge in [-0.2, -0.15) is 0 Å². The molecule has 1 aromatic heterocycles. The highest BCUT2D eigenvalue weighted by atomic mass is 15.1. The normalized spacial score (nSPS) is 20.1. The van der Waals surface area contributed by atoms with E-state index in [1.807, 2.05) is 6.20 Å². The molecule has 0 bridgehead atoms. The molecule has 2 fully saturated rings. The first-order valence-electron chi connectivity index (χ1n) is 8.22. The minimum atomic E-state index is 0.718. The predicted molar refractivity (Wildman–Crippen MR) is 87.7 cm³/mol. The van der Waals surface area contributed by atoms with Gasteiger partial charge in [0.25, 0.3) is 0 Å². The van der Waals surface area contributed by atoms with E-state index in [-0.39, 0.29) is 0 Å². The first kappa shape index (κ1) is 13.1. The summed E-state index contributed by atoms with van der Waals surface area (Å²) in [5.74, 6) is 0.979. The largest absolute Gasteiger partial charge is 0.371 e. The second kappa shape index (κ2) is 5.64. The number of hydrogen-bond donors (Lipinski definition) is 1. The Hall–Kier alpha value is -1.61. The van der Waals surface area contributed by atoms with Crippen molar-refractivity contribution in [2.45, 2.75) is 31.7 Å². The van der Waals surface area contributed by atoms with E-state index in [1.165, 1.54) is 43.3 Å². The Morgan fingerprint density at radius 1 is 1.05 bits per heavy atom. The number of pyridine rings is 1. The highest BCUT2D eigenvalue weighted by Gasteiger charge is 2.24. The summed E-state index contributed by atoms with van der Waals surface area (Å²) in [4.78, 5) is 7.00. The van der Waals surface area contributed by atoms with Crippen LogP contribution in [0.3, 0.4) is 0 Å². The van der Waals surface area contributed by atoms with Crippen LogP contribution in [0, 0.1) is 5.92 Å². The van der Waals surface area contributed by atoms with Gasteiger partial charge in [-0.15, -0.1) is 0 Å². The second-order valence-electron chi connectivity index (χ2n) is 6.46. The monoisotopic (exact) mass is 281 g/mol. The molecule has 0 amide bonds.